The van der Waals surface area contributed by atoms with Gasteiger partial charge in [-0.25, -0.2) is 0 Å². The van der Waals surface area contributed by atoms with Crippen molar-refractivity contribution in [2.24, 2.45) is 0 Å². The fourth-order valence-electron chi connectivity index (χ4n) is 3.80. The van der Waals surface area contributed by atoms with Gasteiger partial charge in [-0.3, -0.25) is 14.8 Å². The van der Waals surface area contributed by atoms with Crippen LogP contribution in [-0.4, -0.2) is 22.4 Å². The number of pyridine rings is 2. The number of carbonyl (C=O) groups is 1. The molecule has 1 aliphatic rings. The van der Waals surface area contributed by atoms with E-state index in [1.165, 1.54) is 36.1 Å². The van der Waals surface area contributed by atoms with Gasteiger partial charge in [-0.05, 0) is 74.3 Å². The molecule has 4 heteroatoms. The summed E-state index contributed by atoms with van der Waals surface area (Å²) in [6.45, 7) is 2.94. The van der Waals surface area contributed by atoms with Crippen molar-refractivity contribution in [1.29, 1.82) is 0 Å². The molecule has 0 aliphatic heterocycles. The quantitative estimate of drug-likeness (QED) is 0.412. The van der Waals surface area contributed by atoms with E-state index in [0.29, 0.717) is 6.54 Å². The number of allylic oxidation sites excluding steroid dienone is 1. The largest absolute Gasteiger partial charge is 0.353 e. The van der Waals surface area contributed by atoms with E-state index in [1.807, 2.05) is 24.5 Å². The Balaban J connectivity index is 1.45. The molecule has 2 aromatic rings. The summed E-state index contributed by atoms with van der Waals surface area (Å²) in [6.07, 6.45) is 19.3. The van der Waals surface area contributed by atoms with E-state index in [-0.39, 0.29) is 11.3 Å². The van der Waals surface area contributed by atoms with Crippen molar-refractivity contribution in [2.45, 2.75) is 70.1 Å². The summed E-state index contributed by atoms with van der Waals surface area (Å²) in [5, 5.41) is 3.02. The zero-order valence-corrected chi connectivity index (χ0v) is 17.6. The lowest BCUT2D eigenvalue weighted by Crippen LogP contribution is -2.22. The van der Waals surface area contributed by atoms with Gasteiger partial charge in [-0.2, -0.15) is 0 Å². The lowest BCUT2D eigenvalue weighted by molar-refractivity contribution is -0.116. The molecule has 0 radical (unpaired) electrons. The molecule has 2 heterocycles. The molecule has 2 aromatic heterocycles. The molecule has 0 bridgehead atoms. The number of aryl methyl sites for hydroxylation is 2. The Labute approximate surface area is 174 Å². The van der Waals surface area contributed by atoms with E-state index in [1.54, 1.807) is 12.3 Å². The van der Waals surface area contributed by atoms with Crippen molar-refractivity contribution in [2.75, 3.05) is 6.54 Å². The van der Waals surface area contributed by atoms with Gasteiger partial charge >= 0.3 is 0 Å². The molecule has 0 atom stereocenters. The molecule has 1 amide bonds. The van der Waals surface area contributed by atoms with Gasteiger partial charge in [0.05, 0.1) is 0 Å². The molecule has 0 saturated heterocycles. The average Bonchev–Trinajstić information content (AvgIpc) is 3.54. The monoisotopic (exact) mass is 391 g/mol. The van der Waals surface area contributed by atoms with E-state index in [2.05, 4.69) is 40.4 Å². The third-order valence-electron chi connectivity index (χ3n) is 5.70. The summed E-state index contributed by atoms with van der Waals surface area (Å²) in [6, 6.07) is 8.28. The van der Waals surface area contributed by atoms with Crippen molar-refractivity contribution < 1.29 is 4.79 Å². The highest BCUT2D eigenvalue weighted by Gasteiger charge is 2.43. The maximum Gasteiger partial charge on any atom is 0.243 e. The first kappa shape index (κ1) is 21.2. The van der Waals surface area contributed by atoms with Crippen LogP contribution in [0.15, 0.2) is 55.0 Å². The third-order valence-corrected chi connectivity index (χ3v) is 5.70. The van der Waals surface area contributed by atoms with Gasteiger partial charge < -0.3 is 5.32 Å². The molecule has 3 rings (SSSR count). The number of rotatable bonds is 12. The summed E-state index contributed by atoms with van der Waals surface area (Å²) >= 11 is 0. The highest BCUT2D eigenvalue weighted by atomic mass is 16.1. The molecule has 1 saturated carbocycles. The second-order valence-corrected chi connectivity index (χ2v) is 8.05. The number of unbranched alkanes of at least 4 members (excludes halogenated alkanes) is 3. The Kier molecular flexibility index (Phi) is 7.97. The smallest absolute Gasteiger partial charge is 0.243 e. The summed E-state index contributed by atoms with van der Waals surface area (Å²) in [5.41, 5.74) is 3.80. The summed E-state index contributed by atoms with van der Waals surface area (Å²) in [7, 11) is 0. The number of aromatic nitrogens is 2. The molecule has 4 nitrogen and oxygen atoms in total. The lowest BCUT2D eigenvalue weighted by Gasteiger charge is -2.15. The normalized spacial score (nSPS) is 14.8. The average molecular weight is 392 g/mol. The molecular formula is C25H33N3O. The number of nitrogens with one attached hydrogen (secondary N) is 1. The van der Waals surface area contributed by atoms with Gasteiger partial charge in [0.1, 0.15) is 0 Å². The minimum atomic E-state index is 0.00840. The Morgan fingerprint density at radius 2 is 1.93 bits per heavy atom. The molecule has 1 N–H and O–H groups in total. The minimum absolute atomic E-state index is 0.00840. The molecule has 1 fully saturated rings. The number of carbonyl (C=O) groups excluding carboxylic acids is 1. The third kappa shape index (κ3) is 6.52. The molecular weight excluding hydrogens is 358 g/mol. The van der Waals surface area contributed by atoms with Crippen LogP contribution in [0, 0.1) is 0 Å². The standard InChI is InChI=1S/C25H33N3O/c1-2-3-4-12-23-22(11-8-19-27-23)25(15-16-25)14-13-24(29)28-18-6-5-9-21-10-7-17-26-20-21/h7-8,10-11,13-14,17,19-20H,2-6,9,12,15-16,18H2,1H3,(H,28,29). The van der Waals surface area contributed by atoms with E-state index in [9.17, 15) is 4.79 Å². The Bertz CT molecular complexity index is 797. The predicted octanol–water partition coefficient (Wildman–Crippen LogP) is 4.94. The van der Waals surface area contributed by atoms with Crippen molar-refractivity contribution in [1.82, 2.24) is 15.3 Å². The number of amides is 1. The highest BCUT2D eigenvalue weighted by Crippen LogP contribution is 2.50. The van der Waals surface area contributed by atoms with E-state index < -0.39 is 0 Å². The van der Waals surface area contributed by atoms with Gasteiger partial charge in [0.15, 0.2) is 0 Å². The second kappa shape index (κ2) is 10.9. The van der Waals surface area contributed by atoms with Crippen LogP contribution in [0.1, 0.15) is 68.7 Å². The van der Waals surface area contributed by atoms with E-state index >= 15 is 0 Å². The van der Waals surface area contributed by atoms with Gasteiger partial charge in [0.25, 0.3) is 0 Å². The van der Waals surface area contributed by atoms with Gasteiger partial charge in [-0.1, -0.05) is 38.0 Å². The molecule has 0 unspecified atom stereocenters. The van der Waals surface area contributed by atoms with Crippen LogP contribution in [0.5, 0.6) is 0 Å². The van der Waals surface area contributed by atoms with E-state index in [0.717, 1.165) is 38.5 Å². The Morgan fingerprint density at radius 1 is 1.10 bits per heavy atom. The SMILES string of the molecule is CCCCCc1ncccc1C1(C=CC(=O)NCCCCc2cccnc2)CC1. The van der Waals surface area contributed by atoms with Crippen LogP contribution in [0.2, 0.25) is 0 Å². The molecule has 0 aromatic carbocycles. The lowest BCUT2D eigenvalue weighted by atomic mass is 9.92. The topological polar surface area (TPSA) is 54.9 Å². The maximum absolute atomic E-state index is 12.3. The zero-order valence-electron chi connectivity index (χ0n) is 17.6. The highest BCUT2D eigenvalue weighted by molar-refractivity contribution is 5.87. The maximum atomic E-state index is 12.3. The van der Waals surface area contributed by atoms with Crippen molar-refractivity contribution >= 4 is 5.91 Å². The van der Waals surface area contributed by atoms with Crippen LogP contribution in [0.4, 0.5) is 0 Å². The Hall–Kier alpha value is -2.49. The van der Waals surface area contributed by atoms with Crippen molar-refractivity contribution in [3.05, 3.63) is 71.8 Å². The molecule has 29 heavy (non-hydrogen) atoms. The van der Waals surface area contributed by atoms with Crippen LogP contribution < -0.4 is 5.32 Å². The molecule has 0 spiro atoms. The van der Waals surface area contributed by atoms with Crippen LogP contribution in [0.25, 0.3) is 0 Å². The Morgan fingerprint density at radius 3 is 2.69 bits per heavy atom. The van der Waals surface area contributed by atoms with Crippen molar-refractivity contribution in [3.8, 4) is 0 Å². The molecule has 154 valence electrons. The summed E-state index contributed by atoms with van der Waals surface area (Å²) in [5.74, 6) is 0.00840. The van der Waals surface area contributed by atoms with Crippen molar-refractivity contribution in [3.63, 3.8) is 0 Å². The first-order valence-corrected chi connectivity index (χ1v) is 11.0. The van der Waals surface area contributed by atoms with Gasteiger partial charge in [-0.15, -0.1) is 0 Å². The number of hydrogen-bond donors (Lipinski definition) is 1. The van der Waals surface area contributed by atoms with Crippen LogP contribution in [-0.2, 0) is 23.1 Å². The number of hydrogen-bond acceptors (Lipinski definition) is 3. The zero-order chi connectivity index (χ0) is 20.4. The fraction of sp³-hybridized carbons (Fsp3) is 0.480. The van der Waals surface area contributed by atoms with Crippen LogP contribution in [0.3, 0.4) is 0 Å². The molecule has 1 aliphatic carbocycles. The van der Waals surface area contributed by atoms with Gasteiger partial charge in [0, 0.05) is 36.2 Å². The summed E-state index contributed by atoms with van der Waals surface area (Å²) < 4.78 is 0. The summed E-state index contributed by atoms with van der Waals surface area (Å²) in [4.78, 5) is 21.0. The first-order valence-electron chi connectivity index (χ1n) is 11.0. The minimum Gasteiger partial charge on any atom is -0.353 e. The number of nitrogens with zero attached hydrogens (tertiary/aromatic N) is 2. The fourth-order valence-corrected chi connectivity index (χ4v) is 3.80. The first-order chi connectivity index (χ1) is 14.2. The second-order valence-electron chi connectivity index (χ2n) is 8.05. The van der Waals surface area contributed by atoms with Gasteiger partial charge in [0.2, 0.25) is 5.91 Å². The van der Waals surface area contributed by atoms with Crippen LogP contribution >= 0.6 is 0 Å². The van der Waals surface area contributed by atoms with E-state index in [4.69, 9.17) is 0 Å². The predicted molar refractivity (Wildman–Crippen MR) is 118 cm³/mol.